The lowest BCUT2D eigenvalue weighted by atomic mass is 9.82. The van der Waals surface area contributed by atoms with Crippen LogP contribution in [0.2, 0.25) is 0 Å². The first kappa shape index (κ1) is 12.0. The number of rotatable bonds is 5. The molecule has 0 bridgehead atoms. The summed E-state index contributed by atoms with van der Waals surface area (Å²) in [6, 6.07) is 0. The molecule has 0 radical (unpaired) electrons. The fourth-order valence-electron chi connectivity index (χ4n) is 2.52. The molecule has 3 nitrogen and oxygen atoms in total. The Bertz CT molecular complexity index is 161. The molecule has 1 aliphatic rings. The quantitative estimate of drug-likeness (QED) is 0.691. The summed E-state index contributed by atoms with van der Waals surface area (Å²) in [6.07, 6.45) is 3.64. The normalized spacial score (nSPS) is 24.9. The molecule has 14 heavy (non-hydrogen) atoms. The maximum atomic E-state index is 9.35. The topological polar surface area (TPSA) is 49.5 Å². The Morgan fingerprint density at radius 3 is 2.36 bits per heavy atom. The van der Waals surface area contributed by atoms with Gasteiger partial charge in [0.05, 0.1) is 0 Å². The molecule has 3 N–H and O–H groups in total. The van der Waals surface area contributed by atoms with Crippen LogP contribution in [0.15, 0.2) is 0 Å². The molecule has 1 rings (SSSR count). The molecule has 0 aromatic heterocycles. The van der Waals surface area contributed by atoms with Crippen molar-refractivity contribution in [3.05, 3.63) is 0 Å². The van der Waals surface area contributed by atoms with Crippen molar-refractivity contribution in [3.63, 3.8) is 0 Å². The van der Waals surface area contributed by atoms with Crippen LogP contribution < -0.4 is 5.73 Å². The Balaban J connectivity index is 2.71. The molecule has 0 saturated carbocycles. The summed E-state index contributed by atoms with van der Waals surface area (Å²) in [5.41, 5.74) is 5.82. The van der Waals surface area contributed by atoms with Crippen molar-refractivity contribution in [3.8, 4) is 0 Å². The highest BCUT2D eigenvalue weighted by molar-refractivity contribution is 4.93. The highest BCUT2D eigenvalue weighted by atomic mass is 16.3. The Labute approximate surface area is 87.3 Å². The summed E-state index contributed by atoms with van der Waals surface area (Å²) in [5.74, 6) is 0.214. The van der Waals surface area contributed by atoms with Gasteiger partial charge >= 0.3 is 0 Å². The van der Waals surface area contributed by atoms with Crippen molar-refractivity contribution >= 4 is 0 Å². The molecule has 1 fully saturated rings. The summed E-state index contributed by atoms with van der Waals surface area (Å²) in [5, 5.41) is 9.35. The molecular weight excluding hydrogens is 176 g/mol. The van der Waals surface area contributed by atoms with E-state index in [4.69, 9.17) is 5.73 Å². The zero-order valence-corrected chi connectivity index (χ0v) is 9.50. The summed E-state index contributed by atoms with van der Waals surface area (Å²) in [7, 11) is 0. The van der Waals surface area contributed by atoms with Crippen molar-refractivity contribution in [1.82, 2.24) is 4.90 Å². The minimum absolute atomic E-state index is 0.0972. The van der Waals surface area contributed by atoms with E-state index in [0.717, 1.165) is 6.42 Å². The maximum absolute atomic E-state index is 9.35. The molecule has 0 aliphatic carbocycles. The molecule has 2 unspecified atom stereocenters. The zero-order chi connectivity index (χ0) is 10.6. The molecule has 0 aromatic carbocycles. The number of aliphatic hydroxyl groups excluding tert-OH is 1. The molecule has 1 saturated heterocycles. The van der Waals surface area contributed by atoms with E-state index in [2.05, 4.69) is 18.7 Å². The Kier molecular flexibility index (Phi) is 4.35. The molecule has 1 heterocycles. The van der Waals surface area contributed by atoms with Gasteiger partial charge in [-0.2, -0.15) is 0 Å². The number of likely N-dealkylation sites (tertiary alicyclic amines) is 1. The van der Waals surface area contributed by atoms with E-state index in [1.54, 1.807) is 0 Å². The number of nitrogens with zero attached hydrogens (tertiary/aromatic N) is 1. The van der Waals surface area contributed by atoms with E-state index < -0.39 is 0 Å². The molecule has 3 heteroatoms. The fraction of sp³-hybridized carbons (Fsp3) is 1.00. The van der Waals surface area contributed by atoms with Crippen LogP contribution in [-0.4, -0.2) is 41.8 Å². The van der Waals surface area contributed by atoms with Gasteiger partial charge in [0.2, 0.25) is 0 Å². The van der Waals surface area contributed by atoms with Crippen LogP contribution >= 0.6 is 0 Å². The molecule has 84 valence electrons. The molecule has 0 amide bonds. The second-order valence-corrected chi connectivity index (χ2v) is 4.52. The third-order valence-corrected chi connectivity index (χ3v) is 3.93. The lowest BCUT2D eigenvalue weighted by molar-refractivity contribution is 0.0359. The minimum Gasteiger partial charge on any atom is -0.396 e. The standard InChI is InChI=1S/C11H24N2O/c1-3-11(2,10(8-12)9-14)13-6-4-5-7-13/h10,14H,3-9,12H2,1-2H3. The van der Waals surface area contributed by atoms with Crippen molar-refractivity contribution in [2.45, 2.75) is 38.6 Å². The first-order chi connectivity index (χ1) is 6.69. The SMILES string of the molecule is CCC(C)(C(CN)CO)N1CCCC1. The lowest BCUT2D eigenvalue weighted by Crippen LogP contribution is -2.53. The lowest BCUT2D eigenvalue weighted by Gasteiger charge is -2.43. The van der Waals surface area contributed by atoms with E-state index >= 15 is 0 Å². The van der Waals surface area contributed by atoms with E-state index in [0.29, 0.717) is 6.54 Å². The minimum atomic E-state index is 0.0972. The largest absolute Gasteiger partial charge is 0.396 e. The Morgan fingerprint density at radius 1 is 1.43 bits per heavy atom. The number of hydrogen-bond acceptors (Lipinski definition) is 3. The molecule has 0 spiro atoms. The van der Waals surface area contributed by atoms with Crippen molar-refractivity contribution in [1.29, 1.82) is 0 Å². The van der Waals surface area contributed by atoms with Gasteiger partial charge in [0.1, 0.15) is 0 Å². The van der Waals surface area contributed by atoms with Gasteiger partial charge < -0.3 is 10.8 Å². The maximum Gasteiger partial charge on any atom is 0.0489 e. The van der Waals surface area contributed by atoms with Crippen LogP contribution in [0, 0.1) is 5.92 Å². The second kappa shape index (κ2) is 5.10. The average molecular weight is 200 g/mol. The monoisotopic (exact) mass is 200 g/mol. The first-order valence-electron chi connectivity index (χ1n) is 5.75. The smallest absolute Gasteiger partial charge is 0.0489 e. The van der Waals surface area contributed by atoms with Gasteiger partial charge in [-0.15, -0.1) is 0 Å². The van der Waals surface area contributed by atoms with Crippen molar-refractivity contribution in [2.75, 3.05) is 26.2 Å². The van der Waals surface area contributed by atoms with E-state index in [9.17, 15) is 5.11 Å². The zero-order valence-electron chi connectivity index (χ0n) is 9.50. The van der Waals surface area contributed by atoms with Gasteiger partial charge in [0.15, 0.2) is 0 Å². The van der Waals surface area contributed by atoms with E-state index in [1.807, 2.05) is 0 Å². The van der Waals surface area contributed by atoms with E-state index in [-0.39, 0.29) is 18.1 Å². The summed E-state index contributed by atoms with van der Waals surface area (Å²) < 4.78 is 0. The van der Waals surface area contributed by atoms with Gasteiger partial charge in [-0.05, 0) is 45.8 Å². The van der Waals surface area contributed by atoms with Gasteiger partial charge in [-0.1, -0.05) is 6.92 Å². The van der Waals surface area contributed by atoms with Crippen LogP contribution in [0.1, 0.15) is 33.1 Å². The van der Waals surface area contributed by atoms with Crippen LogP contribution in [-0.2, 0) is 0 Å². The number of hydrogen-bond donors (Lipinski definition) is 2. The predicted molar refractivity (Wildman–Crippen MR) is 59.1 cm³/mol. The van der Waals surface area contributed by atoms with E-state index in [1.165, 1.54) is 25.9 Å². The average Bonchev–Trinajstić information content (AvgIpc) is 2.72. The highest BCUT2D eigenvalue weighted by Crippen LogP contribution is 2.31. The fourth-order valence-corrected chi connectivity index (χ4v) is 2.52. The van der Waals surface area contributed by atoms with Gasteiger partial charge in [-0.3, -0.25) is 4.90 Å². The molecular formula is C11H24N2O. The van der Waals surface area contributed by atoms with Crippen molar-refractivity contribution < 1.29 is 5.11 Å². The van der Waals surface area contributed by atoms with Gasteiger partial charge in [-0.25, -0.2) is 0 Å². The number of nitrogens with two attached hydrogens (primary N) is 1. The Hall–Kier alpha value is -0.120. The van der Waals surface area contributed by atoms with Crippen LogP contribution in [0.3, 0.4) is 0 Å². The number of aliphatic hydroxyl groups is 1. The molecule has 0 aromatic rings. The molecule has 2 atom stereocenters. The van der Waals surface area contributed by atoms with Crippen molar-refractivity contribution in [2.24, 2.45) is 11.7 Å². The third kappa shape index (κ3) is 2.10. The second-order valence-electron chi connectivity index (χ2n) is 4.52. The Morgan fingerprint density at radius 2 is 2.00 bits per heavy atom. The highest BCUT2D eigenvalue weighted by Gasteiger charge is 2.38. The first-order valence-corrected chi connectivity index (χ1v) is 5.75. The molecule has 1 aliphatic heterocycles. The van der Waals surface area contributed by atoms with Crippen LogP contribution in [0.25, 0.3) is 0 Å². The third-order valence-electron chi connectivity index (χ3n) is 3.93. The summed E-state index contributed by atoms with van der Waals surface area (Å²) in [4.78, 5) is 2.50. The summed E-state index contributed by atoms with van der Waals surface area (Å²) >= 11 is 0. The predicted octanol–water partition coefficient (Wildman–Crippen LogP) is 0.818. The summed E-state index contributed by atoms with van der Waals surface area (Å²) in [6.45, 7) is 7.55. The van der Waals surface area contributed by atoms with Crippen LogP contribution in [0.4, 0.5) is 0 Å². The van der Waals surface area contributed by atoms with Crippen LogP contribution in [0.5, 0.6) is 0 Å². The van der Waals surface area contributed by atoms with Gasteiger partial charge in [0, 0.05) is 18.1 Å². The van der Waals surface area contributed by atoms with Gasteiger partial charge in [0.25, 0.3) is 0 Å².